The molecular formula is C21H18ClN5O2. The molecule has 0 aliphatic heterocycles. The van der Waals surface area contributed by atoms with Crippen LogP contribution in [-0.4, -0.2) is 33.1 Å². The lowest BCUT2D eigenvalue weighted by atomic mass is 9.99. The Morgan fingerprint density at radius 3 is 2.66 bits per heavy atom. The average Bonchev–Trinajstić information content (AvgIpc) is 2.72. The van der Waals surface area contributed by atoms with E-state index < -0.39 is 5.97 Å². The Hall–Kier alpha value is -3.63. The number of nitrogens with one attached hydrogen (secondary N) is 1. The number of carbonyl (C=O) groups is 1. The van der Waals surface area contributed by atoms with E-state index in [1.165, 1.54) is 6.07 Å². The molecule has 3 rings (SSSR count). The van der Waals surface area contributed by atoms with Crippen molar-refractivity contribution in [3.63, 3.8) is 0 Å². The number of aromatic nitrogens is 3. The number of nitrogens with two attached hydrogens (primary N) is 1. The Morgan fingerprint density at radius 2 is 2.03 bits per heavy atom. The SMILES string of the molecule is CNc1ccc(C#Cc2c(C)nc(N)nc2-c2ccc(C(=O)O)c(CCl)c2)cn1. The molecule has 2 heterocycles. The van der Waals surface area contributed by atoms with Crippen molar-refractivity contribution < 1.29 is 9.90 Å². The van der Waals surface area contributed by atoms with Gasteiger partial charge in [0.25, 0.3) is 0 Å². The second kappa shape index (κ2) is 8.59. The summed E-state index contributed by atoms with van der Waals surface area (Å²) < 4.78 is 0. The summed E-state index contributed by atoms with van der Waals surface area (Å²) in [5.41, 5.74) is 9.60. The van der Waals surface area contributed by atoms with Gasteiger partial charge in [-0.25, -0.2) is 19.7 Å². The van der Waals surface area contributed by atoms with Gasteiger partial charge in [0.1, 0.15) is 5.82 Å². The first-order chi connectivity index (χ1) is 13.9. The number of carboxylic acid groups (broad SMARTS) is 1. The second-order valence-electron chi connectivity index (χ2n) is 6.13. The van der Waals surface area contributed by atoms with Gasteiger partial charge < -0.3 is 16.2 Å². The standard InChI is InChI=1S/C21H18ClN5O2/c1-12-16(6-3-13-4-8-18(24-2)25-11-13)19(27-21(23)26-12)14-5-7-17(20(28)29)15(9-14)10-22/h4-5,7-9,11H,10H2,1-2H3,(H,24,25)(H,28,29)(H2,23,26,27). The first kappa shape index (κ1) is 20.1. The summed E-state index contributed by atoms with van der Waals surface area (Å²) in [6, 6.07) is 8.53. The molecule has 1 aromatic carbocycles. The third kappa shape index (κ3) is 4.45. The fourth-order valence-electron chi connectivity index (χ4n) is 2.76. The van der Waals surface area contributed by atoms with Crippen LogP contribution in [0, 0.1) is 18.8 Å². The quantitative estimate of drug-likeness (QED) is 0.449. The van der Waals surface area contributed by atoms with Crippen LogP contribution in [0.3, 0.4) is 0 Å². The lowest BCUT2D eigenvalue weighted by Gasteiger charge is -2.10. The van der Waals surface area contributed by atoms with E-state index in [1.807, 2.05) is 12.1 Å². The number of hydrogen-bond acceptors (Lipinski definition) is 6. The number of hydrogen-bond donors (Lipinski definition) is 3. The minimum atomic E-state index is -1.04. The number of alkyl halides is 1. The Labute approximate surface area is 173 Å². The number of nitrogen functional groups attached to an aromatic ring is 1. The molecule has 0 saturated carbocycles. The molecule has 0 fully saturated rings. The summed E-state index contributed by atoms with van der Waals surface area (Å²) in [6.45, 7) is 1.79. The van der Waals surface area contributed by atoms with E-state index in [0.717, 1.165) is 11.4 Å². The molecule has 0 amide bonds. The van der Waals surface area contributed by atoms with Crippen molar-refractivity contribution >= 4 is 29.3 Å². The molecule has 0 saturated heterocycles. The summed E-state index contributed by atoms with van der Waals surface area (Å²) in [6.07, 6.45) is 1.67. The monoisotopic (exact) mass is 407 g/mol. The first-order valence-electron chi connectivity index (χ1n) is 8.65. The highest BCUT2D eigenvalue weighted by Gasteiger charge is 2.15. The van der Waals surface area contributed by atoms with Gasteiger partial charge in [0.15, 0.2) is 0 Å². The number of aromatic carboxylic acids is 1. The van der Waals surface area contributed by atoms with Crippen LogP contribution in [0.4, 0.5) is 11.8 Å². The zero-order valence-corrected chi connectivity index (χ0v) is 16.6. The van der Waals surface area contributed by atoms with Crippen LogP contribution in [0.25, 0.3) is 11.3 Å². The Morgan fingerprint density at radius 1 is 1.24 bits per heavy atom. The number of pyridine rings is 1. The van der Waals surface area contributed by atoms with E-state index in [1.54, 1.807) is 32.3 Å². The third-order valence-electron chi connectivity index (χ3n) is 4.21. The Balaban J connectivity index is 2.11. The van der Waals surface area contributed by atoms with Gasteiger partial charge in [0.05, 0.1) is 22.5 Å². The normalized spacial score (nSPS) is 10.2. The molecule has 3 aromatic rings. The number of aryl methyl sites for hydroxylation is 1. The molecule has 4 N–H and O–H groups in total. The van der Waals surface area contributed by atoms with Crippen LogP contribution >= 0.6 is 11.6 Å². The van der Waals surface area contributed by atoms with Crippen LogP contribution in [0.1, 0.15) is 32.7 Å². The lowest BCUT2D eigenvalue weighted by Crippen LogP contribution is -2.05. The second-order valence-corrected chi connectivity index (χ2v) is 6.40. The van der Waals surface area contributed by atoms with Gasteiger partial charge in [0, 0.05) is 30.3 Å². The van der Waals surface area contributed by atoms with Crippen LogP contribution in [0.5, 0.6) is 0 Å². The minimum absolute atomic E-state index is 0.0551. The molecule has 0 aliphatic carbocycles. The highest BCUT2D eigenvalue weighted by Crippen LogP contribution is 2.27. The highest BCUT2D eigenvalue weighted by molar-refractivity contribution is 6.17. The molecule has 0 unspecified atom stereocenters. The maximum atomic E-state index is 11.4. The van der Waals surface area contributed by atoms with Crippen LogP contribution < -0.4 is 11.1 Å². The molecule has 2 aromatic heterocycles. The Bertz CT molecular complexity index is 1130. The van der Waals surface area contributed by atoms with E-state index in [9.17, 15) is 9.90 Å². The van der Waals surface area contributed by atoms with E-state index in [-0.39, 0.29) is 17.4 Å². The third-order valence-corrected chi connectivity index (χ3v) is 4.50. The number of rotatable bonds is 4. The zero-order chi connectivity index (χ0) is 21.0. The smallest absolute Gasteiger partial charge is 0.336 e. The maximum absolute atomic E-state index is 11.4. The van der Waals surface area contributed by atoms with Crippen molar-refractivity contribution in [3.8, 4) is 23.1 Å². The highest BCUT2D eigenvalue weighted by atomic mass is 35.5. The van der Waals surface area contributed by atoms with E-state index in [2.05, 4.69) is 32.1 Å². The van der Waals surface area contributed by atoms with Gasteiger partial charge in [-0.2, -0.15) is 0 Å². The number of nitrogens with zero attached hydrogens (tertiary/aromatic N) is 3. The van der Waals surface area contributed by atoms with Crippen molar-refractivity contribution in [2.75, 3.05) is 18.1 Å². The predicted octanol–water partition coefficient (Wildman–Crippen LogP) is 3.31. The lowest BCUT2D eigenvalue weighted by molar-refractivity contribution is 0.0696. The molecule has 0 radical (unpaired) electrons. The molecule has 146 valence electrons. The van der Waals surface area contributed by atoms with Gasteiger partial charge in [-0.1, -0.05) is 17.9 Å². The molecule has 29 heavy (non-hydrogen) atoms. The summed E-state index contributed by atoms with van der Waals surface area (Å²) in [7, 11) is 1.79. The molecule has 0 atom stereocenters. The van der Waals surface area contributed by atoms with Crippen molar-refractivity contribution in [3.05, 3.63) is 64.5 Å². The molecule has 0 aliphatic rings. The van der Waals surface area contributed by atoms with Gasteiger partial charge in [-0.05, 0) is 36.8 Å². The minimum Gasteiger partial charge on any atom is -0.478 e. The van der Waals surface area contributed by atoms with Crippen LogP contribution in [0.2, 0.25) is 0 Å². The fourth-order valence-corrected chi connectivity index (χ4v) is 2.98. The number of halogens is 1. The summed E-state index contributed by atoms with van der Waals surface area (Å²) in [5.74, 6) is 6.03. The van der Waals surface area contributed by atoms with E-state index in [0.29, 0.717) is 28.1 Å². The molecule has 0 spiro atoms. The van der Waals surface area contributed by atoms with E-state index in [4.69, 9.17) is 17.3 Å². The van der Waals surface area contributed by atoms with Crippen molar-refractivity contribution in [2.24, 2.45) is 0 Å². The Kier molecular flexibility index (Phi) is 5.96. The summed E-state index contributed by atoms with van der Waals surface area (Å²) >= 11 is 5.94. The number of anilines is 2. The molecule has 0 bridgehead atoms. The van der Waals surface area contributed by atoms with Gasteiger partial charge in [-0.15, -0.1) is 11.6 Å². The van der Waals surface area contributed by atoms with Crippen LogP contribution in [0.15, 0.2) is 36.5 Å². The molecular weight excluding hydrogens is 390 g/mol. The van der Waals surface area contributed by atoms with Gasteiger partial charge in [0.2, 0.25) is 5.95 Å². The van der Waals surface area contributed by atoms with Crippen LogP contribution in [-0.2, 0) is 5.88 Å². The van der Waals surface area contributed by atoms with Crippen molar-refractivity contribution in [2.45, 2.75) is 12.8 Å². The first-order valence-corrected chi connectivity index (χ1v) is 9.19. The molecule has 7 nitrogen and oxygen atoms in total. The van der Waals surface area contributed by atoms with Gasteiger partial charge >= 0.3 is 5.97 Å². The molecule has 8 heteroatoms. The topological polar surface area (TPSA) is 114 Å². The maximum Gasteiger partial charge on any atom is 0.336 e. The largest absolute Gasteiger partial charge is 0.478 e. The predicted molar refractivity (Wildman–Crippen MR) is 113 cm³/mol. The van der Waals surface area contributed by atoms with E-state index >= 15 is 0 Å². The zero-order valence-electron chi connectivity index (χ0n) is 15.8. The number of carboxylic acids is 1. The summed E-state index contributed by atoms with van der Waals surface area (Å²) in [5, 5.41) is 12.3. The number of benzene rings is 1. The summed E-state index contributed by atoms with van der Waals surface area (Å²) in [4.78, 5) is 24.2. The van der Waals surface area contributed by atoms with Gasteiger partial charge in [-0.3, -0.25) is 0 Å². The van der Waals surface area contributed by atoms with Crippen molar-refractivity contribution in [1.82, 2.24) is 15.0 Å². The average molecular weight is 408 g/mol. The van der Waals surface area contributed by atoms with Crippen molar-refractivity contribution in [1.29, 1.82) is 0 Å². The fraction of sp³-hybridized carbons (Fsp3) is 0.143.